The molecule has 0 spiro atoms. The van der Waals surface area contributed by atoms with Gasteiger partial charge in [-0.15, -0.1) is 0 Å². The number of fused-ring (bicyclic) bond motifs is 1. The van der Waals surface area contributed by atoms with Crippen LogP contribution in [0.3, 0.4) is 0 Å². The first kappa shape index (κ1) is 13.4. The minimum absolute atomic E-state index is 0.0266. The van der Waals surface area contributed by atoms with Gasteiger partial charge in [0.2, 0.25) is 5.91 Å². The first-order chi connectivity index (χ1) is 9.56. The number of oxazole rings is 1. The summed E-state index contributed by atoms with van der Waals surface area (Å²) in [6.07, 6.45) is 2.31. The highest BCUT2D eigenvalue weighted by Gasteiger charge is 2.21. The summed E-state index contributed by atoms with van der Waals surface area (Å²) in [4.78, 5) is 25.3. The van der Waals surface area contributed by atoms with E-state index in [0.29, 0.717) is 18.5 Å². The van der Waals surface area contributed by atoms with Gasteiger partial charge in [-0.2, -0.15) is 0 Å². The Labute approximate surface area is 122 Å². The predicted molar refractivity (Wildman–Crippen MR) is 73.7 cm³/mol. The van der Waals surface area contributed by atoms with E-state index < -0.39 is 11.6 Å². The summed E-state index contributed by atoms with van der Waals surface area (Å²) in [7, 11) is 0. The van der Waals surface area contributed by atoms with Crippen molar-refractivity contribution in [1.82, 2.24) is 9.47 Å². The normalized spacial score (nSPS) is 16.1. The Morgan fingerprint density at radius 3 is 2.85 bits per heavy atom. The Balaban J connectivity index is 2.02. The Morgan fingerprint density at radius 1 is 1.30 bits per heavy atom. The van der Waals surface area contributed by atoms with Crippen molar-refractivity contribution in [3.63, 3.8) is 0 Å². The van der Waals surface area contributed by atoms with Crippen LogP contribution in [0, 0.1) is 5.82 Å². The molecule has 1 saturated heterocycles. The van der Waals surface area contributed by atoms with E-state index in [-0.39, 0.29) is 22.6 Å². The largest absolute Gasteiger partial charge is 0.421 e. The fraction of sp³-hybridized carbons (Fsp3) is 0.385. The number of halogens is 2. The lowest BCUT2D eigenvalue weighted by Gasteiger charge is -2.26. The lowest BCUT2D eigenvalue weighted by atomic mass is 10.1. The molecule has 0 aliphatic carbocycles. The highest BCUT2D eigenvalue weighted by molar-refractivity contribution is 9.10. The summed E-state index contributed by atoms with van der Waals surface area (Å²) in [6, 6.07) is 2.65. The third kappa shape index (κ3) is 2.26. The van der Waals surface area contributed by atoms with Gasteiger partial charge in [0, 0.05) is 19.0 Å². The number of amides is 1. The molecule has 0 atom stereocenters. The van der Waals surface area contributed by atoms with Gasteiger partial charge in [0.05, 0.1) is 9.99 Å². The number of carbonyl (C=O) groups is 1. The van der Waals surface area contributed by atoms with Gasteiger partial charge in [-0.3, -0.25) is 9.36 Å². The lowest BCUT2D eigenvalue weighted by Crippen LogP contribution is -2.38. The maximum absolute atomic E-state index is 13.4. The zero-order valence-electron chi connectivity index (χ0n) is 10.6. The van der Waals surface area contributed by atoms with Crippen molar-refractivity contribution >= 4 is 32.9 Å². The van der Waals surface area contributed by atoms with Gasteiger partial charge in [-0.05, 0) is 34.8 Å². The van der Waals surface area contributed by atoms with Crippen molar-refractivity contribution in [2.45, 2.75) is 25.9 Å². The third-order valence-corrected chi connectivity index (χ3v) is 4.05. The molecule has 0 bridgehead atoms. The van der Waals surface area contributed by atoms with Gasteiger partial charge < -0.3 is 9.32 Å². The summed E-state index contributed by atoms with van der Waals surface area (Å²) in [5.74, 6) is -1.05. The number of carbonyl (C=O) groups excluding carboxylic acids is 1. The van der Waals surface area contributed by atoms with Crippen LogP contribution in [0.5, 0.6) is 0 Å². The average Bonchev–Trinajstić information content (AvgIpc) is 2.69. The van der Waals surface area contributed by atoms with Crippen LogP contribution < -0.4 is 5.76 Å². The van der Waals surface area contributed by atoms with E-state index >= 15 is 0 Å². The van der Waals surface area contributed by atoms with E-state index in [9.17, 15) is 14.0 Å². The van der Waals surface area contributed by atoms with Crippen LogP contribution in [-0.2, 0) is 11.5 Å². The Kier molecular flexibility index (Phi) is 3.37. The summed E-state index contributed by atoms with van der Waals surface area (Å²) < 4.78 is 20.1. The molecule has 106 valence electrons. The standard InChI is InChI=1S/C13H12BrFN2O3/c14-8-5-10-11(6-9(8)15)20-13(19)17(10)7-16-4-2-1-3-12(16)18/h5-6H,1-4,7H2. The van der Waals surface area contributed by atoms with E-state index in [2.05, 4.69) is 15.9 Å². The molecule has 7 heteroatoms. The van der Waals surface area contributed by atoms with Crippen LogP contribution in [0.25, 0.3) is 11.1 Å². The first-order valence-corrected chi connectivity index (χ1v) is 7.12. The third-order valence-electron chi connectivity index (χ3n) is 3.44. The van der Waals surface area contributed by atoms with E-state index in [1.165, 1.54) is 10.6 Å². The number of hydrogen-bond acceptors (Lipinski definition) is 3. The molecule has 1 fully saturated rings. The minimum atomic E-state index is -0.587. The Bertz CT molecular complexity index is 737. The molecule has 0 N–H and O–H groups in total. The smallest absolute Gasteiger partial charge is 0.408 e. The molecular formula is C13H12BrFN2O3. The van der Waals surface area contributed by atoms with Crippen LogP contribution in [0.4, 0.5) is 4.39 Å². The summed E-state index contributed by atoms with van der Waals surface area (Å²) in [5.41, 5.74) is 0.654. The van der Waals surface area contributed by atoms with Crippen molar-refractivity contribution in [3.8, 4) is 0 Å². The molecule has 2 heterocycles. The lowest BCUT2D eigenvalue weighted by molar-refractivity contribution is -0.135. The van der Waals surface area contributed by atoms with Gasteiger partial charge in [-0.1, -0.05) is 0 Å². The van der Waals surface area contributed by atoms with Crippen molar-refractivity contribution in [2.75, 3.05) is 6.54 Å². The van der Waals surface area contributed by atoms with Crippen LogP contribution >= 0.6 is 15.9 Å². The van der Waals surface area contributed by atoms with E-state index in [1.807, 2.05) is 0 Å². The molecule has 5 nitrogen and oxygen atoms in total. The minimum Gasteiger partial charge on any atom is -0.408 e. The van der Waals surface area contributed by atoms with Crippen molar-refractivity contribution in [3.05, 3.63) is 33.0 Å². The van der Waals surface area contributed by atoms with E-state index in [4.69, 9.17) is 4.42 Å². The highest BCUT2D eigenvalue weighted by atomic mass is 79.9. The van der Waals surface area contributed by atoms with Crippen molar-refractivity contribution in [1.29, 1.82) is 0 Å². The van der Waals surface area contributed by atoms with Crippen LogP contribution in [0.1, 0.15) is 19.3 Å². The molecular weight excluding hydrogens is 331 g/mol. The van der Waals surface area contributed by atoms with Crippen LogP contribution in [-0.4, -0.2) is 21.9 Å². The zero-order valence-corrected chi connectivity index (χ0v) is 12.2. The Morgan fingerprint density at radius 2 is 2.10 bits per heavy atom. The molecule has 0 unspecified atom stereocenters. The van der Waals surface area contributed by atoms with Gasteiger partial charge in [0.15, 0.2) is 5.58 Å². The van der Waals surface area contributed by atoms with E-state index in [0.717, 1.165) is 18.9 Å². The number of likely N-dealkylation sites (tertiary alicyclic amines) is 1. The fourth-order valence-corrected chi connectivity index (χ4v) is 2.71. The molecule has 20 heavy (non-hydrogen) atoms. The molecule has 2 aromatic rings. The number of hydrogen-bond donors (Lipinski definition) is 0. The van der Waals surface area contributed by atoms with Gasteiger partial charge >= 0.3 is 5.76 Å². The second-order valence-electron chi connectivity index (χ2n) is 4.79. The summed E-state index contributed by atoms with van der Waals surface area (Å²) in [5, 5.41) is 0. The number of piperidine rings is 1. The van der Waals surface area contributed by atoms with E-state index in [1.54, 1.807) is 4.90 Å². The Hall–Kier alpha value is -1.63. The zero-order chi connectivity index (χ0) is 14.3. The second-order valence-corrected chi connectivity index (χ2v) is 5.64. The number of rotatable bonds is 2. The quantitative estimate of drug-likeness (QED) is 0.842. The molecule has 1 aliphatic rings. The highest BCUT2D eigenvalue weighted by Crippen LogP contribution is 2.23. The predicted octanol–water partition coefficient (Wildman–Crippen LogP) is 2.47. The van der Waals surface area contributed by atoms with Gasteiger partial charge in [-0.25, -0.2) is 9.18 Å². The average molecular weight is 343 g/mol. The van der Waals surface area contributed by atoms with Gasteiger partial charge in [0.1, 0.15) is 12.5 Å². The summed E-state index contributed by atoms with van der Waals surface area (Å²) >= 11 is 3.08. The summed E-state index contributed by atoms with van der Waals surface area (Å²) in [6.45, 7) is 0.767. The van der Waals surface area contributed by atoms with Crippen molar-refractivity contribution < 1.29 is 13.6 Å². The van der Waals surface area contributed by atoms with Crippen molar-refractivity contribution in [2.24, 2.45) is 0 Å². The number of benzene rings is 1. The molecule has 3 rings (SSSR count). The SMILES string of the molecule is O=C1CCCCN1Cn1c(=O)oc2cc(F)c(Br)cc21. The molecule has 0 saturated carbocycles. The van der Waals surface area contributed by atoms with Gasteiger partial charge in [0.25, 0.3) is 0 Å². The fourth-order valence-electron chi connectivity index (χ4n) is 2.37. The monoisotopic (exact) mass is 342 g/mol. The first-order valence-electron chi connectivity index (χ1n) is 6.32. The molecule has 1 aromatic heterocycles. The van der Waals surface area contributed by atoms with Crippen LogP contribution in [0.2, 0.25) is 0 Å². The maximum Gasteiger partial charge on any atom is 0.421 e. The second kappa shape index (κ2) is 5.05. The topological polar surface area (TPSA) is 55.5 Å². The molecule has 0 radical (unpaired) electrons. The number of aromatic nitrogens is 1. The maximum atomic E-state index is 13.4. The molecule has 1 aromatic carbocycles. The molecule has 1 amide bonds. The van der Waals surface area contributed by atoms with Crippen LogP contribution in [0.15, 0.2) is 25.8 Å². The molecule has 1 aliphatic heterocycles. The number of nitrogens with zero attached hydrogens (tertiary/aromatic N) is 2.